The van der Waals surface area contributed by atoms with E-state index >= 15 is 0 Å². The first-order chi connectivity index (χ1) is 18.0. The van der Waals surface area contributed by atoms with Gasteiger partial charge < -0.3 is 5.32 Å². The molecule has 4 aliphatic rings. The van der Waals surface area contributed by atoms with Crippen molar-refractivity contribution in [3.05, 3.63) is 95.0 Å². The quantitative estimate of drug-likeness (QED) is 0.322. The van der Waals surface area contributed by atoms with Gasteiger partial charge in [0.05, 0.1) is 35.4 Å². The molecule has 6 nitrogen and oxygen atoms in total. The first-order valence-electron chi connectivity index (χ1n) is 13.3. The Morgan fingerprint density at radius 3 is 2.41 bits per heavy atom. The Balaban J connectivity index is 1.19. The third-order valence-corrected chi connectivity index (χ3v) is 8.88. The summed E-state index contributed by atoms with van der Waals surface area (Å²) in [7, 11) is 0. The van der Waals surface area contributed by atoms with Crippen molar-refractivity contribution in [3.63, 3.8) is 0 Å². The molecule has 0 unspecified atom stereocenters. The Morgan fingerprint density at radius 1 is 0.973 bits per heavy atom. The summed E-state index contributed by atoms with van der Waals surface area (Å²) < 4.78 is 3.71. The standard InChI is InChI=1S/C30H30ClN5O/c31-24-6-4-5-20(12-24)17-35-18-25(16-32-35)33-29(37)27-19-36(26-7-2-1-3-8-26)34-28(27)30-13-21-9-22(14-30)11-23(10-21)15-30/h1-8,12,16,18-19,21-23H,9-11,13-15,17H2,(H,33,37). The molecule has 1 amide bonds. The molecule has 0 atom stereocenters. The molecular weight excluding hydrogens is 482 g/mol. The van der Waals surface area contributed by atoms with Crippen molar-refractivity contribution in [1.82, 2.24) is 19.6 Å². The number of nitrogens with one attached hydrogen (secondary N) is 1. The van der Waals surface area contributed by atoms with E-state index in [1.54, 1.807) is 6.20 Å². The molecule has 188 valence electrons. The lowest BCUT2D eigenvalue weighted by atomic mass is 9.48. The Morgan fingerprint density at radius 2 is 1.70 bits per heavy atom. The number of anilines is 1. The van der Waals surface area contributed by atoms with E-state index in [0.29, 0.717) is 22.8 Å². The molecule has 4 saturated carbocycles. The molecule has 0 aliphatic heterocycles. The molecule has 0 saturated heterocycles. The van der Waals surface area contributed by atoms with Gasteiger partial charge in [0.1, 0.15) is 0 Å². The Bertz CT molecular complexity index is 1420. The molecule has 0 radical (unpaired) electrons. The Hall–Kier alpha value is -3.38. The number of nitrogens with zero attached hydrogens (tertiary/aromatic N) is 4. The molecule has 4 aromatic rings. The summed E-state index contributed by atoms with van der Waals surface area (Å²) in [6.07, 6.45) is 13.0. The van der Waals surface area contributed by atoms with E-state index in [1.807, 2.05) is 76.4 Å². The van der Waals surface area contributed by atoms with Crippen molar-refractivity contribution >= 4 is 23.2 Å². The first-order valence-corrected chi connectivity index (χ1v) is 13.6. The number of halogens is 1. The van der Waals surface area contributed by atoms with Crippen LogP contribution in [-0.4, -0.2) is 25.5 Å². The van der Waals surface area contributed by atoms with Gasteiger partial charge in [-0.15, -0.1) is 0 Å². The topological polar surface area (TPSA) is 64.7 Å². The maximum absolute atomic E-state index is 13.8. The van der Waals surface area contributed by atoms with Gasteiger partial charge in [-0.05, 0) is 86.1 Å². The lowest BCUT2D eigenvalue weighted by Gasteiger charge is -2.56. The third kappa shape index (κ3) is 4.27. The van der Waals surface area contributed by atoms with Gasteiger partial charge in [-0.25, -0.2) is 4.68 Å². The second-order valence-electron chi connectivity index (χ2n) is 11.4. The molecule has 1 N–H and O–H groups in total. The van der Waals surface area contributed by atoms with E-state index in [1.165, 1.54) is 19.3 Å². The highest BCUT2D eigenvalue weighted by Gasteiger charge is 2.53. The molecule has 2 aromatic heterocycles. The predicted molar refractivity (Wildman–Crippen MR) is 144 cm³/mol. The summed E-state index contributed by atoms with van der Waals surface area (Å²) in [5.41, 5.74) is 4.39. The minimum absolute atomic E-state index is 0.0121. The van der Waals surface area contributed by atoms with Crippen LogP contribution in [0.5, 0.6) is 0 Å². The van der Waals surface area contributed by atoms with Gasteiger partial charge in [0.25, 0.3) is 5.91 Å². The molecule has 7 heteroatoms. The number of benzene rings is 2. The number of carbonyl (C=O) groups is 1. The number of hydrogen-bond acceptors (Lipinski definition) is 3. The van der Waals surface area contributed by atoms with Crippen LogP contribution in [0.2, 0.25) is 5.02 Å². The normalized spacial score (nSPS) is 25.9. The van der Waals surface area contributed by atoms with Crippen molar-refractivity contribution in [2.24, 2.45) is 17.8 Å². The maximum atomic E-state index is 13.8. The van der Waals surface area contributed by atoms with E-state index in [9.17, 15) is 4.79 Å². The van der Waals surface area contributed by atoms with Crippen molar-refractivity contribution < 1.29 is 4.79 Å². The highest BCUT2D eigenvalue weighted by Crippen LogP contribution is 2.60. The third-order valence-electron chi connectivity index (χ3n) is 8.64. The van der Waals surface area contributed by atoms with Crippen molar-refractivity contribution in [2.75, 3.05) is 5.32 Å². The van der Waals surface area contributed by atoms with Gasteiger partial charge in [-0.3, -0.25) is 9.48 Å². The van der Waals surface area contributed by atoms with E-state index in [0.717, 1.165) is 54.0 Å². The van der Waals surface area contributed by atoms with Gasteiger partial charge in [-0.1, -0.05) is 41.9 Å². The van der Waals surface area contributed by atoms with Crippen LogP contribution in [0.15, 0.2) is 73.2 Å². The summed E-state index contributed by atoms with van der Waals surface area (Å²) in [6.45, 7) is 0.584. The Kier molecular flexibility index (Phi) is 5.47. The van der Waals surface area contributed by atoms with Crippen molar-refractivity contribution in [1.29, 1.82) is 0 Å². The fraction of sp³-hybridized carbons (Fsp3) is 0.367. The summed E-state index contributed by atoms with van der Waals surface area (Å²) >= 11 is 6.13. The van der Waals surface area contributed by atoms with Crippen molar-refractivity contribution in [2.45, 2.75) is 50.5 Å². The molecule has 4 fully saturated rings. The van der Waals surface area contributed by atoms with Gasteiger partial charge in [-0.2, -0.15) is 10.2 Å². The van der Waals surface area contributed by atoms with E-state index in [2.05, 4.69) is 10.4 Å². The number of amides is 1. The second-order valence-corrected chi connectivity index (χ2v) is 11.8. The molecule has 4 aliphatic carbocycles. The summed E-state index contributed by atoms with van der Waals surface area (Å²) in [5.74, 6) is 2.20. The number of carbonyl (C=O) groups excluding carboxylic acids is 1. The molecule has 8 rings (SSSR count). The van der Waals surface area contributed by atoms with Crippen LogP contribution in [0.3, 0.4) is 0 Å². The van der Waals surface area contributed by atoms with E-state index in [4.69, 9.17) is 16.7 Å². The number of para-hydroxylation sites is 1. The molecule has 0 spiro atoms. The van der Waals surface area contributed by atoms with Gasteiger partial charge in [0.15, 0.2) is 0 Å². The summed E-state index contributed by atoms with van der Waals surface area (Å²) in [6, 6.07) is 17.8. The summed E-state index contributed by atoms with van der Waals surface area (Å²) in [5, 5.41) is 13.4. The minimum Gasteiger partial charge on any atom is -0.319 e. The highest BCUT2D eigenvalue weighted by molar-refractivity contribution is 6.30. The second kappa shape index (κ2) is 8.88. The first kappa shape index (κ1) is 22.8. The average Bonchev–Trinajstić information content (AvgIpc) is 3.52. The average molecular weight is 512 g/mol. The fourth-order valence-corrected chi connectivity index (χ4v) is 7.79. The lowest BCUT2D eigenvalue weighted by molar-refractivity contribution is -0.00765. The molecular formula is C30H30ClN5O. The van der Waals surface area contributed by atoms with Crippen LogP contribution in [0.4, 0.5) is 5.69 Å². The van der Waals surface area contributed by atoms with Crippen LogP contribution in [0, 0.1) is 17.8 Å². The van der Waals surface area contributed by atoms with E-state index < -0.39 is 0 Å². The molecule has 2 heterocycles. The fourth-order valence-electron chi connectivity index (χ4n) is 7.58. The molecule has 2 aromatic carbocycles. The number of hydrogen-bond donors (Lipinski definition) is 1. The highest BCUT2D eigenvalue weighted by atomic mass is 35.5. The van der Waals surface area contributed by atoms with Gasteiger partial charge in [0.2, 0.25) is 0 Å². The van der Waals surface area contributed by atoms with E-state index in [-0.39, 0.29) is 11.3 Å². The number of rotatable bonds is 6. The van der Waals surface area contributed by atoms with Gasteiger partial charge >= 0.3 is 0 Å². The number of aromatic nitrogens is 4. The SMILES string of the molecule is O=C(Nc1cnn(Cc2cccc(Cl)c2)c1)c1cn(-c2ccccc2)nc1C12CC3CC(CC(C3)C1)C2. The summed E-state index contributed by atoms with van der Waals surface area (Å²) in [4.78, 5) is 13.8. The van der Waals surface area contributed by atoms with Crippen LogP contribution >= 0.6 is 11.6 Å². The monoisotopic (exact) mass is 511 g/mol. The molecule has 37 heavy (non-hydrogen) atoms. The van der Waals surface area contributed by atoms with Crippen LogP contribution < -0.4 is 5.32 Å². The maximum Gasteiger partial charge on any atom is 0.259 e. The minimum atomic E-state index is -0.116. The molecule has 4 bridgehead atoms. The Labute approximate surface area is 221 Å². The zero-order chi connectivity index (χ0) is 25.0. The lowest BCUT2D eigenvalue weighted by Crippen LogP contribution is -2.49. The van der Waals surface area contributed by atoms with Crippen LogP contribution in [0.1, 0.15) is 60.1 Å². The van der Waals surface area contributed by atoms with Gasteiger partial charge in [0, 0.05) is 22.8 Å². The smallest absolute Gasteiger partial charge is 0.259 e. The predicted octanol–water partition coefficient (Wildman–Crippen LogP) is 6.49. The zero-order valence-electron chi connectivity index (χ0n) is 20.7. The zero-order valence-corrected chi connectivity index (χ0v) is 21.4. The van der Waals surface area contributed by atoms with Crippen molar-refractivity contribution in [3.8, 4) is 5.69 Å². The largest absolute Gasteiger partial charge is 0.319 e. The van der Waals surface area contributed by atoms with Crippen LogP contribution in [0.25, 0.3) is 5.69 Å². The van der Waals surface area contributed by atoms with Crippen LogP contribution in [-0.2, 0) is 12.0 Å².